The third-order valence-corrected chi connectivity index (χ3v) is 3.70. The fraction of sp³-hybridized carbons (Fsp3) is 0.211. The van der Waals surface area contributed by atoms with Crippen LogP contribution >= 0.6 is 0 Å². The molecule has 0 saturated carbocycles. The lowest BCUT2D eigenvalue weighted by atomic mass is 10.1. The summed E-state index contributed by atoms with van der Waals surface area (Å²) in [6, 6.07) is 17.8. The molecule has 0 radical (unpaired) electrons. The van der Waals surface area contributed by atoms with Crippen LogP contribution < -0.4 is 5.32 Å². The van der Waals surface area contributed by atoms with E-state index in [1.165, 1.54) is 5.56 Å². The van der Waals surface area contributed by atoms with Crippen molar-refractivity contribution in [2.24, 2.45) is 0 Å². The van der Waals surface area contributed by atoms with Crippen molar-refractivity contribution in [3.05, 3.63) is 71.6 Å². The molecule has 0 unspecified atom stereocenters. The van der Waals surface area contributed by atoms with Crippen LogP contribution in [-0.2, 0) is 17.8 Å². The minimum atomic E-state index is -0.0324. The van der Waals surface area contributed by atoms with Gasteiger partial charge in [-0.05, 0) is 18.9 Å². The van der Waals surface area contributed by atoms with Crippen LogP contribution in [0.25, 0.3) is 11.4 Å². The van der Waals surface area contributed by atoms with Crippen molar-refractivity contribution in [2.45, 2.75) is 26.3 Å². The third-order valence-electron chi connectivity index (χ3n) is 3.70. The minimum absolute atomic E-state index is 0.0324. The van der Waals surface area contributed by atoms with Gasteiger partial charge in [0.05, 0.1) is 6.54 Å². The maximum Gasteiger partial charge on any atom is 0.246 e. The molecule has 1 aromatic heterocycles. The maximum absolute atomic E-state index is 11.9. The lowest BCUT2D eigenvalue weighted by Crippen LogP contribution is -2.23. The van der Waals surface area contributed by atoms with Crippen molar-refractivity contribution in [1.29, 1.82) is 0 Å². The Kier molecular flexibility index (Phi) is 5.01. The number of carbonyl (C=O) groups excluding carboxylic acids is 1. The van der Waals surface area contributed by atoms with E-state index in [-0.39, 0.29) is 12.5 Å². The molecule has 5 heteroatoms. The summed E-state index contributed by atoms with van der Waals surface area (Å²) in [7, 11) is 0. The quantitative estimate of drug-likeness (QED) is 0.756. The molecule has 3 rings (SSSR count). The Balaban J connectivity index is 1.48. The van der Waals surface area contributed by atoms with E-state index in [1.54, 1.807) is 0 Å². The summed E-state index contributed by atoms with van der Waals surface area (Å²) in [6.07, 6.45) is 1.15. The van der Waals surface area contributed by atoms with Crippen LogP contribution in [0, 0.1) is 6.92 Å². The zero-order valence-corrected chi connectivity index (χ0v) is 13.5. The Morgan fingerprint density at radius 2 is 1.83 bits per heavy atom. The van der Waals surface area contributed by atoms with Crippen molar-refractivity contribution >= 4 is 5.91 Å². The highest BCUT2D eigenvalue weighted by molar-refractivity contribution is 5.76. The smallest absolute Gasteiger partial charge is 0.246 e. The molecule has 1 heterocycles. The van der Waals surface area contributed by atoms with Crippen LogP contribution in [0.3, 0.4) is 0 Å². The highest BCUT2D eigenvalue weighted by Crippen LogP contribution is 2.14. The molecule has 0 bridgehead atoms. The molecule has 0 saturated heterocycles. The average molecular weight is 321 g/mol. The number of nitrogens with zero attached hydrogens (tertiary/aromatic N) is 2. The van der Waals surface area contributed by atoms with Crippen molar-refractivity contribution in [1.82, 2.24) is 15.5 Å². The summed E-state index contributed by atoms with van der Waals surface area (Å²) in [5.41, 5.74) is 3.26. The number of nitrogens with one attached hydrogen (secondary N) is 1. The first kappa shape index (κ1) is 15.9. The number of aromatic nitrogens is 2. The number of aryl methyl sites for hydroxylation is 2. The van der Waals surface area contributed by atoms with E-state index in [0.717, 1.165) is 11.1 Å². The normalized spacial score (nSPS) is 10.5. The Labute approximate surface area is 140 Å². The molecule has 2 aromatic carbocycles. The van der Waals surface area contributed by atoms with Gasteiger partial charge in [-0.1, -0.05) is 65.3 Å². The minimum Gasteiger partial charge on any atom is -0.347 e. The molecule has 1 N–H and O–H groups in total. The van der Waals surface area contributed by atoms with E-state index in [4.69, 9.17) is 4.52 Å². The summed E-state index contributed by atoms with van der Waals surface area (Å²) in [5, 5.41) is 6.74. The summed E-state index contributed by atoms with van der Waals surface area (Å²) < 4.78 is 5.17. The predicted molar refractivity (Wildman–Crippen MR) is 91.1 cm³/mol. The molecule has 1 amide bonds. The second kappa shape index (κ2) is 7.55. The largest absolute Gasteiger partial charge is 0.347 e. The van der Waals surface area contributed by atoms with E-state index < -0.39 is 0 Å². The molecule has 5 nitrogen and oxygen atoms in total. The zero-order chi connectivity index (χ0) is 16.8. The Morgan fingerprint density at radius 3 is 2.58 bits per heavy atom. The first-order valence-electron chi connectivity index (χ1n) is 7.91. The fourth-order valence-corrected chi connectivity index (χ4v) is 2.31. The van der Waals surface area contributed by atoms with Gasteiger partial charge >= 0.3 is 0 Å². The van der Waals surface area contributed by atoms with Crippen LogP contribution in [-0.4, -0.2) is 16.0 Å². The lowest BCUT2D eigenvalue weighted by molar-refractivity contribution is -0.121. The topological polar surface area (TPSA) is 68.0 Å². The molecule has 0 aliphatic carbocycles. The maximum atomic E-state index is 11.9. The van der Waals surface area contributed by atoms with Crippen LogP contribution in [0.15, 0.2) is 59.1 Å². The third kappa shape index (κ3) is 4.29. The first-order valence-corrected chi connectivity index (χ1v) is 7.91. The second-order valence-electron chi connectivity index (χ2n) is 5.64. The van der Waals surface area contributed by atoms with Crippen LogP contribution in [0.5, 0.6) is 0 Å². The standard InChI is InChI=1S/C19H19N3O2/c1-14-7-9-15(10-8-14)11-12-17(23)20-13-18-21-19(22-24-18)16-5-3-2-4-6-16/h2-10H,11-13H2,1H3,(H,20,23). The van der Waals surface area contributed by atoms with Gasteiger partial charge in [0.2, 0.25) is 17.6 Å². The number of benzene rings is 2. The molecule has 0 aliphatic heterocycles. The Bertz CT molecular complexity index is 795. The van der Waals surface area contributed by atoms with E-state index >= 15 is 0 Å². The van der Waals surface area contributed by atoms with E-state index in [9.17, 15) is 4.79 Å². The predicted octanol–water partition coefficient (Wildman–Crippen LogP) is 3.29. The molecular formula is C19H19N3O2. The SMILES string of the molecule is Cc1ccc(CCC(=O)NCc2nc(-c3ccccc3)no2)cc1. The Hall–Kier alpha value is -2.95. The molecular weight excluding hydrogens is 302 g/mol. The monoisotopic (exact) mass is 321 g/mol. The number of hydrogen-bond donors (Lipinski definition) is 1. The van der Waals surface area contributed by atoms with E-state index in [0.29, 0.717) is 24.6 Å². The van der Waals surface area contributed by atoms with E-state index in [2.05, 4.69) is 27.6 Å². The van der Waals surface area contributed by atoms with Gasteiger partial charge in [0.25, 0.3) is 0 Å². The van der Waals surface area contributed by atoms with Gasteiger partial charge in [0.1, 0.15) is 0 Å². The highest BCUT2D eigenvalue weighted by Gasteiger charge is 2.09. The molecule has 0 aliphatic rings. The number of rotatable bonds is 6. The number of carbonyl (C=O) groups is 1. The summed E-state index contributed by atoms with van der Waals surface area (Å²) in [5.74, 6) is 0.895. The first-order chi connectivity index (χ1) is 11.7. The highest BCUT2D eigenvalue weighted by atomic mass is 16.5. The average Bonchev–Trinajstić information content (AvgIpc) is 3.09. The molecule has 122 valence electrons. The second-order valence-corrected chi connectivity index (χ2v) is 5.64. The van der Waals surface area contributed by atoms with Gasteiger partial charge in [-0.15, -0.1) is 0 Å². The fourth-order valence-electron chi connectivity index (χ4n) is 2.31. The van der Waals surface area contributed by atoms with Crippen LogP contribution in [0.1, 0.15) is 23.4 Å². The summed E-state index contributed by atoms with van der Waals surface area (Å²) in [4.78, 5) is 16.2. The van der Waals surface area contributed by atoms with Gasteiger partial charge in [0.15, 0.2) is 0 Å². The van der Waals surface area contributed by atoms with E-state index in [1.807, 2.05) is 49.4 Å². The van der Waals surface area contributed by atoms with Crippen molar-refractivity contribution < 1.29 is 9.32 Å². The molecule has 0 spiro atoms. The molecule has 24 heavy (non-hydrogen) atoms. The van der Waals surface area contributed by atoms with Crippen molar-refractivity contribution in [3.63, 3.8) is 0 Å². The summed E-state index contributed by atoms with van der Waals surface area (Å²) >= 11 is 0. The zero-order valence-electron chi connectivity index (χ0n) is 13.5. The van der Waals surface area contributed by atoms with Crippen molar-refractivity contribution in [2.75, 3.05) is 0 Å². The van der Waals surface area contributed by atoms with Crippen molar-refractivity contribution in [3.8, 4) is 11.4 Å². The van der Waals surface area contributed by atoms with Gasteiger partial charge in [-0.25, -0.2) is 0 Å². The lowest BCUT2D eigenvalue weighted by Gasteiger charge is -2.03. The number of hydrogen-bond acceptors (Lipinski definition) is 4. The van der Waals surface area contributed by atoms with Gasteiger partial charge in [0, 0.05) is 12.0 Å². The van der Waals surface area contributed by atoms with Crippen LogP contribution in [0.4, 0.5) is 0 Å². The molecule has 0 atom stereocenters. The van der Waals surface area contributed by atoms with Gasteiger partial charge in [-0.3, -0.25) is 4.79 Å². The van der Waals surface area contributed by atoms with Gasteiger partial charge < -0.3 is 9.84 Å². The van der Waals surface area contributed by atoms with Gasteiger partial charge in [-0.2, -0.15) is 4.98 Å². The molecule has 3 aromatic rings. The summed E-state index contributed by atoms with van der Waals surface area (Å²) in [6.45, 7) is 2.29. The molecule has 0 fully saturated rings. The Morgan fingerprint density at radius 1 is 1.08 bits per heavy atom. The van der Waals surface area contributed by atoms with Crippen LogP contribution in [0.2, 0.25) is 0 Å². The number of amides is 1.